The fourth-order valence-electron chi connectivity index (χ4n) is 7.10. The zero-order valence-electron chi connectivity index (χ0n) is 28.8. The van der Waals surface area contributed by atoms with Crippen LogP contribution in [0.4, 0.5) is 0 Å². The van der Waals surface area contributed by atoms with Crippen molar-refractivity contribution < 1.29 is 14.6 Å². The van der Waals surface area contributed by atoms with E-state index < -0.39 is 11.7 Å². The Morgan fingerprint density at radius 3 is 1.88 bits per heavy atom. The van der Waals surface area contributed by atoms with Gasteiger partial charge in [0.05, 0.1) is 0 Å². The Labute approximate surface area is 292 Å². The summed E-state index contributed by atoms with van der Waals surface area (Å²) >= 11 is 0. The number of ether oxygens (including phenoxy) is 1. The average Bonchev–Trinajstić information content (AvgIpc) is 3.83. The van der Waals surface area contributed by atoms with Gasteiger partial charge in [0.25, 0.3) is 11.9 Å². The van der Waals surface area contributed by atoms with Gasteiger partial charge in [-0.3, -0.25) is 4.79 Å². The SMILES string of the molecule is CCCC(Cc1ccccc1)N1CCCC1.NC1=NC(=O)C(c2ccccc2)O1.OC(c1ccccc1)(c1ccccc1)C1CCCCN1. The third kappa shape index (κ3) is 9.88. The van der Waals surface area contributed by atoms with Crippen molar-refractivity contribution in [1.82, 2.24) is 10.2 Å². The summed E-state index contributed by atoms with van der Waals surface area (Å²) < 4.78 is 5.04. The zero-order valence-corrected chi connectivity index (χ0v) is 28.8. The van der Waals surface area contributed by atoms with Crippen molar-refractivity contribution in [2.45, 2.75) is 82.1 Å². The zero-order chi connectivity index (χ0) is 34.3. The smallest absolute Gasteiger partial charge is 0.296 e. The Hall–Kier alpha value is -4.30. The number of hydrogen-bond acceptors (Lipinski definition) is 6. The van der Waals surface area contributed by atoms with Gasteiger partial charge in [0.15, 0.2) is 0 Å². The Balaban J connectivity index is 0.000000147. The predicted molar refractivity (Wildman–Crippen MR) is 198 cm³/mol. The summed E-state index contributed by atoms with van der Waals surface area (Å²) in [4.78, 5) is 17.4. The van der Waals surface area contributed by atoms with E-state index in [0.717, 1.165) is 35.7 Å². The summed E-state index contributed by atoms with van der Waals surface area (Å²) in [7, 11) is 0. The summed E-state index contributed by atoms with van der Waals surface area (Å²) in [5.41, 5.74) is 8.50. The maximum atomic E-state index is 11.5. The minimum Gasteiger partial charge on any atom is -0.447 e. The van der Waals surface area contributed by atoms with Crippen LogP contribution in [-0.4, -0.2) is 53.7 Å². The number of amides is 1. The van der Waals surface area contributed by atoms with E-state index in [4.69, 9.17) is 10.5 Å². The van der Waals surface area contributed by atoms with Crippen molar-refractivity contribution in [2.24, 2.45) is 10.7 Å². The number of rotatable bonds is 9. The molecule has 4 N–H and O–H groups in total. The molecule has 0 aromatic heterocycles. The van der Waals surface area contributed by atoms with Crippen molar-refractivity contribution in [3.8, 4) is 0 Å². The highest BCUT2D eigenvalue weighted by Crippen LogP contribution is 2.36. The molecule has 4 aromatic rings. The molecule has 3 aliphatic heterocycles. The van der Waals surface area contributed by atoms with Crippen LogP contribution < -0.4 is 11.1 Å². The second-order valence-electron chi connectivity index (χ2n) is 13.1. The van der Waals surface area contributed by atoms with Crippen LogP contribution in [-0.2, 0) is 21.6 Å². The molecule has 0 aliphatic carbocycles. The van der Waals surface area contributed by atoms with Crippen LogP contribution in [0.25, 0.3) is 0 Å². The lowest BCUT2D eigenvalue weighted by atomic mass is 9.77. The Morgan fingerprint density at radius 1 is 0.837 bits per heavy atom. The molecular weight excluding hydrogens is 608 g/mol. The molecule has 7 rings (SSSR count). The van der Waals surface area contributed by atoms with Crippen molar-refractivity contribution in [1.29, 1.82) is 0 Å². The molecular formula is C42H52N4O3. The standard InChI is InChI=1S/C18H21NO.C15H23N.C9H8N2O2/c20-18(15-9-3-1-4-10-15,16-11-5-2-6-12-16)17-13-7-8-14-19-17;1-2-8-15(16-11-6-7-12-16)13-14-9-4-3-5-10-14;10-9-11-8(12)7(13-9)6-4-2-1-3-5-6/h1-6,9-12,17,19-20H,7-8,13-14H2;3-5,9-10,15H,2,6-8,11-13H2,1H3;1-5,7H,(H2,10,11,12). The van der Waals surface area contributed by atoms with Gasteiger partial charge in [-0.2, -0.15) is 4.99 Å². The van der Waals surface area contributed by atoms with E-state index in [-0.39, 0.29) is 18.0 Å². The first-order valence-electron chi connectivity index (χ1n) is 17.9. The number of carbonyl (C=O) groups is 1. The summed E-state index contributed by atoms with van der Waals surface area (Å²) in [5.74, 6) is -0.344. The van der Waals surface area contributed by atoms with E-state index in [1.165, 1.54) is 63.6 Å². The lowest BCUT2D eigenvalue weighted by molar-refractivity contribution is -0.122. The maximum Gasteiger partial charge on any atom is 0.296 e. The van der Waals surface area contributed by atoms with Crippen LogP contribution in [0.15, 0.2) is 126 Å². The number of aliphatic hydroxyl groups is 1. The van der Waals surface area contributed by atoms with Gasteiger partial charge >= 0.3 is 0 Å². The second kappa shape index (κ2) is 18.5. The molecule has 3 aliphatic rings. The number of nitrogens with one attached hydrogen (secondary N) is 1. The summed E-state index contributed by atoms with van der Waals surface area (Å²) in [6.07, 6.45) is 9.37. The molecule has 3 heterocycles. The fourth-order valence-corrected chi connectivity index (χ4v) is 7.10. The molecule has 0 bridgehead atoms. The number of carbonyl (C=O) groups excluding carboxylic acids is 1. The first kappa shape index (κ1) is 36.0. The Bertz CT molecular complexity index is 1520. The van der Waals surface area contributed by atoms with Gasteiger partial charge in [-0.1, -0.05) is 141 Å². The molecule has 2 fully saturated rings. The highest BCUT2D eigenvalue weighted by atomic mass is 16.5. The Morgan fingerprint density at radius 2 is 1.39 bits per heavy atom. The number of aliphatic imine (C=N–C) groups is 1. The third-order valence-electron chi connectivity index (χ3n) is 9.62. The van der Waals surface area contributed by atoms with Crippen LogP contribution in [0.3, 0.4) is 0 Å². The maximum absolute atomic E-state index is 11.5. The van der Waals surface area contributed by atoms with Crippen LogP contribution in [0.1, 0.15) is 80.2 Å². The van der Waals surface area contributed by atoms with Gasteiger partial charge in [0, 0.05) is 17.6 Å². The van der Waals surface area contributed by atoms with Crippen molar-refractivity contribution in [3.63, 3.8) is 0 Å². The van der Waals surface area contributed by atoms with Crippen LogP contribution in [0.2, 0.25) is 0 Å². The van der Waals surface area contributed by atoms with Gasteiger partial charge in [-0.15, -0.1) is 0 Å². The van der Waals surface area contributed by atoms with Gasteiger partial charge in [0.1, 0.15) is 5.60 Å². The molecule has 1 amide bonds. The van der Waals surface area contributed by atoms with Crippen molar-refractivity contribution >= 4 is 11.9 Å². The van der Waals surface area contributed by atoms with Gasteiger partial charge in [0.2, 0.25) is 6.10 Å². The molecule has 2 saturated heterocycles. The highest BCUT2D eigenvalue weighted by Gasteiger charge is 2.40. The fraction of sp³-hybridized carbons (Fsp3) is 0.381. The van der Waals surface area contributed by atoms with E-state index in [0.29, 0.717) is 0 Å². The normalized spacial score (nSPS) is 19.8. The van der Waals surface area contributed by atoms with Crippen LogP contribution >= 0.6 is 0 Å². The molecule has 4 aromatic carbocycles. The number of nitrogens with zero attached hydrogens (tertiary/aromatic N) is 2. The topological polar surface area (TPSA) is 100 Å². The minimum atomic E-state index is -0.955. The predicted octanol–water partition coefficient (Wildman–Crippen LogP) is 7.16. The monoisotopic (exact) mass is 660 g/mol. The van der Waals surface area contributed by atoms with Crippen LogP contribution in [0, 0.1) is 0 Å². The van der Waals surface area contributed by atoms with E-state index >= 15 is 0 Å². The lowest BCUT2D eigenvalue weighted by Crippen LogP contribution is -2.51. The van der Waals surface area contributed by atoms with Crippen molar-refractivity contribution in [2.75, 3.05) is 19.6 Å². The number of likely N-dealkylation sites (tertiary alicyclic amines) is 1. The molecule has 0 saturated carbocycles. The first-order valence-corrected chi connectivity index (χ1v) is 17.9. The van der Waals surface area contributed by atoms with E-state index in [1.54, 1.807) is 12.1 Å². The summed E-state index contributed by atoms with van der Waals surface area (Å²) in [6, 6.07) is 40.9. The highest BCUT2D eigenvalue weighted by molar-refractivity contribution is 5.98. The van der Waals surface area contributed by atoms with Gasteiger partial charge in [-0.25, -0.2) is 0 Å². The molecule has 258 valence electrons. The quantitative estimate of drug-likeness (QED) is 0.176. The van der Waals surface area contributed by atoms with E-state index in [9.17, 15) is 9.90 Å². The number of nitrogens with two attached hydrogens (primary N) is 1. The average molecular weight is 661 g/mol. The van der Waals surface area contributed by atoms with Crippen molar-refractivity contribution in [3.05, 3.63) is 144 Å². The second-order valence-corrected chi connectivity index (χ2v) is 13.1. The number of hydrogen-bond donors (Lipinski definition) is 3. The Kier molecular flexibility index (Phi) is 13.6. The number of benzene rings is 4. The van der Waals surface area contributed by atoms with E-state index in [2.05, 4.69) is 52.5 Å². The molecule has 49 heavy (non-hydrogen) atoms. The van der Waals surface area contributed by atoms with Gasteiger partial charge < -0.3 is 25.8 Å². The summed E-state index contributed by atoms with van der Waals surface area (Å²) in [6.45, 7) is 5.91. The molecule has 7 nitrogen and oxygen atoms in total. The largest absolute Gasteiger partial charge is 0.447 e. The minimum absolute atomic E-state index is 0.0566. The van der Waals surface area contributed by atoms with E-state index in [1.807, 2.05) is 78.9 Å². The first-order chi connectivity index (χ1) is 24.0. The van der Waals surface area contributed by atoms with Crippen LogP contribution in [0.5, 0.6) is 0 Å². The third-order valence-corrected chi connectivity index (χ3v) is 9.62. The summed E-state index contributed by atoms with van der Waals surface area (Å²) in [5, 5.41) is 15.0. The number of amidine groups is 1. The number of piperidine rings is 1. The molecule has 0 spiro atoms. The molecule has 3 atom stereocenters. The molecule has 7 heteroatoms. The van der Waals surface area contributed by atoms with Gasteiger partial charge in [-0.05, 0) is 74.8 Å². The molecule has 3 unspecified atom stereocenters. The lowest BCUT2D eigenvalue weighted by Gasteiger charge is -2.40. The molecule has 0 radical (unpaired) electrons.